The average molecular weight is 377 g/mol. The summed E-state index contributed by atoms with van der Waals surface area (Å²) in [7, 11) is 3.27. The van der Waals surface area contributed by atoms with Gasteiger partial charge in [-0.15, -0.1) is 0 Å². The topological polar surface area (TPSA) is 75.5 Å². The van der Waals surface area contributed by atoms with Gasteiger partial charge in [-0.2, -0.15) is 5.26 Å². The Bertz CT molecular complexity index is 899. The second-order valence-electron chi connectivity index (χ2n) is 6.74. The molecular weight excluding hydrogens is 354 g/mol. The number of carbonyl (C=O) groups is 1. The molecule has 0 saturated heterocycles. The van der Waals surface area contributed by atoms with Gasteiger partial charge >= 0.3 is 0 Å². The van der Waals surface area contributed by atoms with Gasteiger partial charge in [0.25, 0.3) is 0 Å². The monoisotopic (exact) mass is 377 g/mol. The number of hydrogen-bond acceptors (Lipinski definition) is 5. The van der Waals surface area contributed by atoms with Crippen LogP contribution in [0, 0.1) is 11.3 Å². The zero-order valence-corrected chi connectivity index (χ0v) is 16.1. The van der Waals surface area contributed by atoms with E-state index in [4.69, 9.17) is 9.47 Å². The standard InChI is InChI=1S/C22H23N3O3/c1-25(22(16-23)11-5-12-22)21(26)10-7-17-14-19(27-2)8-9-20(17)28-15-18-6-3-4-13-24-18/h3-4,6-10,13-14H,5,11-12,15H2,1-2H3/b10-7+. The second-order valence-corrected chi connectivity index (χ2v) is 6.74. The summed E-state index contributed by atoms with van der Waals surface area (Å²) in [5.41, 5.74) is 0.857. The Hall–Kier alpha value is -3.33. The van der Waals surface area contributed by atoms with E-state index in [-0.39, 0.29) is 5.91 Å². The summed E-state index contributed by atoms with van der Waals surface area (Å²) < 4.78 is 11.2. The lowest BCUT2D eigenvalue weighted by atomic mass is 9.76. The summed E-state index contributed by atoms with van der Waals surface area (Å²) >= 11 is 0. The first kappa shape index (κ1) is 19.4. The number of benzene rings is 1. The predicted molar refractivity (Wildman–Crippen MR) is 106 cm³/mol. The Kier molecular flexibility index (Phi) is 5.95. The molecule has 1 fully saturated rings. The number of likely N-dealkylation sites (N-methyl/N-ethyl adjacent to an activating group) is 1. The third-order valence-electron chi connectivity index (χ3n) is 5.09. The quantitative estimate of drug-likeness (QED) is 0.689. The first-order valence-corrected chi connectivity index (χ1v) is 9.16. The Balaban J connectivity index is 1.76. The zero-order valence-electron chi connectivity index (χ0n) is 16.1. The summed E-state index contributed by atoms with van der Waals surface area (Å²) in [5.74, 6) is 1.08. The smallest absolute Gasteiger partial charge is 0.247 e. The van der Waals surface area contributed by atoms with Gasteiger partial charge in [0.2, 0.25) is 5.91 Å². The van der Waals surface area contributed by atoms with Gasteiger partial charge in [-0.1, -0.05) is 6.07 Å². The summed E-state index contributed by atoms with van der Waals surface area (Å²) in [6.45, 7) is 0.319. The number of nitriles is 1. The van der Waals surface area contributed by atoms with Crippen molar-refractivity contribution in [3.63, 3.8) is 0 Å². The number of aromatic nitrogens is 1. The molecule has 1 aromatic heterocycles. The van der Waals surface area contributed by atoms with Crippen LogP contribution in [0.2, 0.25) is 0 Å². The number of ether oxygens (including phenoxy) is 2. The van der Waals surface area contributed by atoms with Crippen LogP contribution in [0.25, 0.3) is 6.08 Å². The van der Waals surface area contributed by atoms with Gasteiger partial charge in [-0.25, -0.2) is 0 Å². The number of methoxy groups -OCH3 is 1. The highest BCUT2D eigenvalue weighted by atomic mass is 16.5. The molecule has 6 nitrogen and oxygen atoms in total. The van der Waals surface area contributed by atoms with Gasteiger partial charge < -0.3 is 14.4 Å². The van der Waals surface area contributed by atoms with Gasteiger partial charge in [0.15, 0.2) is 0 Å². The molecular formula is C22H23N3O3. The van der Waals surface area contributed by atoms with E-state index in [0.29, 0.717) is 18.1 Å². The number of nitrogens with zero attached hydrogens (tertiary/aromatic N) is 3. The van der Waals surface area contributed by atoms with Crippen molar-refractivity contribution in [2.45, 2.75) is 31.4 Å². The molecule has 0 bridgehead atoms. The molecule has 1 aliphatic rings. The summed E-state index contributed by atoms with van der Waals surface area (Å²) in [5, 5.41) is 9.42. The number of amides is 1. The molecule has 1 aliphatic carbocycles. The molecule has 1 aromatic carbocycles. The van der Waals surface area contributed by atoms with Crippen LogP contribution in [0.15, 0.2) is 48.7 Å². The molecule has 0 unspecified atom stereocenters. The lowest BCUT2D eigenvalue weighted by Crippen LogP contribution is -2.52. The molecule has 2 aromatic rings. The molecule has 0 atom stereocenters. The molecule has 28 heavy (non-hydrogen) atoms. The molecule has 0 aliphatic heterocycles. The second kappa shape index (κ2) is 8.57. The maximum absolute atomic E-state index is 12.6. The van der Waals surface area contributed by atoms with Gasteiger partial charge in [0.1, 0.15) is 23.6 Å². The first-order valence-electron chi connectivity index (χ1n) is 9.16. The Morgan fingerprint density at radius 2 is 2.18 bits per heavy atom. The lowest BCUT2D eigenvalue weighted by Gasteiger charge is -2.42. The molecule has 1 saturated carbocycles. The minimum atomic E-state index is -0.673. The van der Waals surface area contributed by atoms with Crippen molar-refractivity contribution in [1.29, 1.82) is 5.26 Å². The fraction of sp³-hybridized carbons (Fsp3) is 0.318. The van der Waals surface area contributed by atoms with E-state index < -0.39 is 5.54 Å². The van der Waals surface area contributed by atoms with E-state index in [1.165, 1.54) is 11.0 Å². The molecule has 1 amide bonds. The van der Waals surface area contributed by atoms with Gasteiger partial charge in [-0.05, 0) is 55.7 Å². The minimum absolute atomic E-state index is 0.209. The van der Waals surface area contributed by atoms with Crippen molar-refractivity contribution in [2.75, 3.05) is 14.2 Å². The van der Waals surface area contributed by atoms with Crippen LogP contribution in [0.3, 0.4) is 0 Å². The van der Waals surface area contributed by atoms with Crippen LogP contribution in [0.5, 0.6) is 11.5 Å². The first-order chi connectivity index (χ1) is 13.6. The van der Waals surface area contributed by atoms with Crippen LogP contribution < -0.4 is 9.47 Å². The largest absolute Gasteiger partial charge is 0.497 e. The number of pyridine rings is 1. The van der Waals surface area contributed by atoms with Crippen molar-refractivity contribution in [3.05, 3.63) is 59.9 Å². The molecule has 0 N–H and O–H groups in total. The molecule has 0 radical (unpaired) electrons. The average Bonchev–Trinajstić information content (AvgIpc) is 2.71. The van der Waals surface area contributed by atoms with Crippen molar-refractivity contribution in [3.8, 4) is 17.6 Å². The van der Waals surface area contributed by atoms with Crippen molar-refractivity contribution in [1.82, 2.24) is 9.88 Å². The molecule has 3 rings (SSSR count). The minimum Gasteiger partial charge on any atom is -0.497 e. The zero-order chi connectivity index (χ0) is 20.0. The highest BCUT2D eigenvalue weighted by Crippen LogP contribution is 2.36. The van der Waals surface area contributed by atoms with Crippen LogP contribution in [-0.2, 0) is 11.4 Å². The fourth-order valence-corrected chi connectivity index (χ4v) is 3.07. The lowest BCUT2D eigenvalue weighted by molar-refractivity contribution is -0.130. The highest BCUT2D eigenvalue weighted by molar-refractivity contribution is 5.93. The van der Waals surface area contributed by atoms with E-state index in [2.05, 4.69) is 11.1 Å². The van der Waals surface area contributed by atoms with E-state index in [9.17, 15) is 10.1 Å². The van der Waals surface area contributed by atoms with Crippen molar-refractivity contribution in [2.24, 2.45) is 0 Å². The number of hydrogen-bond donors (Lipinski definition) is 0. The maximum atomic E-state index is 12.6. The predicted octanol–water partition coefficient (Wildman–Crippen LogP) is 3.59. The van der Waals surface area contributed by atoms with Crippen LogP contribution in [0.4, 0.5) is 0 Å². The Morgan fingerprint density at radius 3 is 2.79 bits per heavy atom. The van der Waals surface area contributed by atoms with Gasteiger partial charge in [-0.3, -0.25) is 9.78 Å². The van der Waals surface area contributed by atoms with E-state index >= 15 is 0 Å². The Labute approximate surface area is 165 Å². The third-order valence-corrected chi connectivity index (χ3v) is 5.09. The fourth-order valence-electron chi connectivity index (χ4n) is 3.07. The Morgan fingerprint density at radius 1 is 1.36 bits per heavy atom. The van der Waals surface area contributed by atoms with Crippen LogP contribution in [0.1, 0.15) is 30.5 Å². The normalized spacial score (nSPS) is 14.8. The maximum Gasteiger partial charge on any atom is 0.247 e. The number of rotatable bonds is 7. The molecule has 6 heteroatoms. The van der Waals surface area contributed by atoms with Crippen molar-refractivity contribution >= 4 is 12.0 Å². The van der Waals surface area contributed by atoms with Gasteiger partial charge in [0, 0.05) is 24.9 Å². The number of carbonyl (C=O) groups excluding carboxylic acids is 1. The van der Waals surface area contributed by atoms with Crippen LogP contribution >= 0.6 is 0 Å². The highest BCUT2D eigenvalue weighted by Gasteiger charge is 2.42. The summed E-state index contributed by atoms with van der Waals surface area (Å²) in [6, 6.07) is 13.3. The van der Waals surface area contributed by atoms with E-state index in [1.807, 2.05) is 18.2 Å². The van der Waals surface area contributed by atoms with Crippen molar-refractivity contribution < 1.29 is 14.3 Å². The molecule has 144 valence electrons. The van der Waals surface area contributed by atoms with Crippen LogP contribution in [-0.4, -0.2) is 35.5 Å². The van der Waals surface area contributed by atoms with E-state index in [0.717, 1.165) is 30.5 Å². The summed E-state index contributed by atoms with van der Waals surface area (Å²) in [6.07, 6.45) is 7.29. The third kappa shape index (κ3) is 4.15. The summed E-state index contributed by atoms with van der Waals surface area (Å²) in [4.78, 5) is 18.3. The van der Waals surface area contributed by atoms with E-state index in [1.54, 1.807) is 44.6 Å². The molecule has 1 heterocycles. The molecule has 0 spiro atoms. The SMILES string of the molecule is COc1ccc(OCc2ccccn2)c(/C=C/C(=O)N(C)C2(C#N)CCC2)c1. The van der Waals surface area contributed by atoms with Gasteiger partial charge in [0.05, 0.1) is 18.9 Å².